The number of hydrogen-bond donors (Lipinski definition) is 0. The summed E-state index contributed by atoms with van der Waals surface area (Å²) in [6, 6.07) is -0.747. The van der Waals surface area contributed by atoms with Gasteiger partial charge in [-0.25, -0.2) is 0 Å². The normalized spacial score (nSPS) is 18.9. The molecule has 0 saturated heterocycles. The number of hydrogen-bond acceptors (Lipinski definition) is 2. The molecule has 1 saturated carbocycles. The van der Waals surface area contributed by atoms with Crippen molar-refractivity contribution in [3.8, 4) is 0 Å². The average molecular weight is 273 g/mol. The van der Waals surface area contributed by atoms with E-state index in [0.29, 0.717) is 4.90 Å². The Morgan fingerprint density at radius 2 is 1.61 bits per heavy atom. The van der Waals surface area contributed by atoms with Gasteiger partial charge in [-0.2, -0.15) is 22.0 Å². The molecule has 1 fully saturated rings. The van der Waals surface area contributed by atoms with E-state index in [4.69, 9.17) is 0 Å². The van der Waals surface area contributed by atoms with Crippen LogP contribution < -0.4 is 0 Å². The minimum absolute atomic E-state index is 0.0744. The molecule has 1 aliphatic carbocycles. The monoisotopic (exact) mass is 273 g/mol. The summed E-state index contributed by atoms with van der Waals surface area (Å²) in [6.07, 6.45) is -5.47. The molecule has 1 amide bonds. The van der Waals surface area contributed by atoms with Crippen LogP contribution in [0.15, 0.2) is 0 Å². The zero-order chi connectivity index (χ0) is 14.1. The van der Waals surface area contributed by atoms with Crippen molar-refractivity contribution < 1.29 is 31.5 Å². The Morgan fingerprint density at radius 3 is 2.00 bits per heavy atom. The van der Waals surface area contributed by atoms with Gasteiger partial charge in [-0.05, 0) is 12.8 Å². The van der Waals surface area contributed by atoms with E-state index in [0.717, 1.165) is 7.05 Å². The van der Waals surface area contributed by atoms with E-state index < -0.39 is 24.0 Å². The van der Waals surface area contributed by atoms with Gasteiger partial charge in [-0.3, -0.25) is 9.59 Å². The number of amides is 1. The summed E-state index contributed by atoms with van der Waals surface area (Å²) in [5.74, 6) is -7.73. The molecule has 0 unspecified atom stereocenters. The van der Waals surface area contributed by atoms with Crippen molar-refractivity contribution in [1.82, 2.24) is 4.90 Å². The summed E-state index contributed by atoms with van der Waals surface area (Å²) < 4.78 is 61.7. The quantitative estimate of drug-likeness (QED) is 0.723. The van der Waals surface area contributed by atoms with Crippen LogP contribution in [-0.4, -0.2) is 41.8 Å². The van der Waals surface area contributed by atoms with E-state index in [1.165, 1.54) is 0 Å². The van der Waals surface area contributed by atoms with Crippen LogP contribution >= 0.6 is 0 Å². The summed E-state index contributed by atoms with van der Waals surface area (Å²) in [5.41, 5.74) is 0. The minimum atomic E-state index is -5.90. The molecular formula is C10H12F5NO2. The molecular weight excluding hydrogens is 261 g/mol. The largest absolute Gasteiger partial charge is 0.463 e. The second-order valence-electron chi connectivity index (χ2n) is 4.26. The topological polar surface area (TPSA) is 37.4 Å². The average Bonchev–Trinajstić information content (AvgIpc) is 2.26. The van der Waals surface area contributed by atoms with Gasteiger partial charge in [-0.15, -0.1) is 0 Å². The predicted octanol–water partition coefficient (Wildman–Crippen LogP) is 2.15. The van der Waals surface area contributed by atoms with Gasteiger partial charge in [0, 0.05) is 25.9 Å². The molecule has 104 valence electrons. The van der Waals surface area contributed by atoms with E-state index in [2.05, 4.69) is 0 Å². The third-order valence-electron chi connectivity index (χ3n) is 3.01. The van der Waals surface area contributed by atoms with Gasteiger partial charge in [0.05, 0.1) is 0 Å². The van der Waals surface area contributed by atoms with Crippen LogP contribution in [-0.2, 0) is 9.59 Å². The molecule has 0 radical (unpaired) electrons. The Morgan fingerprint density at radius 1 is 1.17 bits per heavy atom. The van der Waals surface area contributed by atoms with Crippen LogP contribution in [0.25, 0.3) is 0 Å². The SMILES string of the molecule is CN(C(=O)C(F)(F)C(F)(F)F)C1CCC(=O)CC1. The number of Topliss-reactive ketones (excluding diaryl/α,β-unsaturated/α-hetero) is 1. The molecule has 0 N–H and O–H groups in total. The summed E-state index contributed by atoms with van der Waals surface area (Å²) in [7, 11) is 0.905. The van der Waals surface area contributed by atoms with Gasteiger partial charge in [-0.1, -0.05) is 0 Å². The summed E-state index contributed by atoms with van der Waals surface area (Å²) in [4.78, 5) is 22.5. The van der Waals surface area contributed by atoms with Crippen LogP contribution in [0.4, 0.5) is 22.0 Å². The van der Waals surface area contributed by atoms with Crippen LogP contribution in [0.2, 0.25) is 0 Å². The molecule has 3 nitrogen and oxygen atoms in total. The Balaban J connectivity index is 2.75. The van der Waals surface area contributed by atoms with Crippen LogP contribution in [0.5, 0.6) is 0 Å². The molecule has 0 aromatic carbocycles. The molecule has 1 rings (SSSR count). The first kappa shape index (κ1) is 14.8. The molecule has 0 spiro atoms. The lowest BCUT2D eigenvalue weighted by Crippen LogP contribution is -2.54. The highest BCUT2D eigenvalue weighted by atomic mass is 19.4. The molecule has 0 atom stereocenters. The van der Waals surface area contributed by atoms with Crippen molar-refractivity contribution in [2.24, 2.45) is 0 Å². The molecule has 0 heterocycles. The first-order valence-electron chi connectivity index (χ1n) is 5.31. The maximum absolute atomic E-state index is 12.8. The molecule has 0 aromatic rings. The fourth-order valence-electron chi connectivity index (χ4n) is 1.82. The Bertz CT molecular complexity index is 343. The van der Waals surface area contributed by atoms with Gasteiger partial charge >= 0.3 is 18.0 Å². The van der Waals surface area contributed by atoms with E-state index in [-0.39, 0.29) is 31.5 Å². The lowest BCUT2D eigenvalue weighted by atomic mass is 9.93. The lowest BCUT2D eigenvalue weighted by Gasteiger charge is -2.33. The van der Waals surface area contributed by atoms with Gasteiger partial charge in [0.2, 0.25) is 0 Å². The fraction of sp³-hybridized carbons (Fsp3) is 0.800. The molecule has 1 aliphatic rings. The number of halogens is 5. The highest BCUT2D eigenvalue weighted by Gasteiger charge is 2.64. The highest BCUT2D eigenvalue weighted by molar-refractivity contribution is 5.85. The second-order valence-corrected chi connectivity index (χ2v) is 4.26. The second kappa shape index (κ2) is 4.81. The van der Waals surface area contributed by atoms with Crippen molar-refractivity contribution in [2.45, 2.75) is 43.8 Å². The standard InChI is InChI=1S/C10H12F5NO2/c1-16(6-2-4-7(17)5-3-6)8(18)9(11,12)10(13,14)15/h6H,2-5H2,1H3. The van der Waals surface area contributed by atoms with Crippen molar-refractivity contribution >= 4 is 11.7 Å². The first-order valence-corrected chi connectivity index (χ1v) is 5.31. The van der Waals surface area contributed by atoms with Gasteiger partial charge in [0.15, 0.2) is 0 Å². The van der Waals surface area contributed by atoms with Crippen LogP contribution in [0, 0.1) is 0 Å². The number of carbonyl (C=O) groups is 2. The number of nitrogens with zero attached hydrogens (tertiary/aromatic N) is 1. The van der Waals surface area contributed by atoms with E-state index >= 15 is 0 Å². The predicted molar refractivity (Wildman–Crippen MR) is 51.0 cm³/mol. The molecule has 0 aromatic heterocycles. The van der Waals surface area contributed by atoms with Crippen LogP contribution in [0.1, 0.15) is 25.7 Å². The zero-order valence-electron chi connectivity index (χ0n) is 9.56. The summed E-state index contributed by atoms with van der Waals surface area (Å²) in [5, 5.41) is 0. The Labute approximate surface area is 99.9 Å². The molecule has 0 aliphatic heterocycles. The zero-order valence-corrected chi connectivity index (χ0v) is 9.56. The van der Waals surface area contributed by atoms with Gasteiger partial charge < -0.3 is 4.90 Å². The molecule has 0 bridgehead atoms. The van der Waals surface area contributed by atoms with Crippen molar-refractivity contribution in [2.75, 3.05) is 7.05 Å². The van der Waals surface area contributed by atoms with E-state index in [9.17, 15) is 31.5 Å². The van der Waals surface area contributed by atoms with Crippen molar-refractivity contribution in [3.63, 3.8) is 0 Å². The van der Waals surface area contributed by atoms with E-state index in [1.807, 2.05) is 0 Å². The van der Waals surface area contributed by atoms with E-state index in [1.54, 1.807) is 0 Å². The molecule has 8 heteroatoms. The Hall–Kier alpha value is -1.21. The maximum Gasteiger partial charge on any atom is 0.463 e. The molecule has 18 heavy (non-hydrogen) atoms. The van der Waals surface area contributed by atoms with Crippen LogP contribution in [0.3, 0.4) is 0 Å². The third kappa shape index (κ3) is 2.78. The summed E-state index contributed by atoms with van der Waals surface area (Å²) >= 11 is 0. The fourth-order valence-corrected chi connectivity index (χ4v) is 1.82. The van der Waals surface area contributed by atoms with Crippen molar-refractivity contribution in [1.29, 1.82) is 0 Å². The minimum Gasteiger partial charge on any atom is -0.337 e. The summed E-state index contributed by atoms with van der Waals surface area (Å²) in [6.45, 7) is 0. The first-order chi connectivity index (χ1) is 8.07. The highest BCUT2D eigenvalue weighted by Crippen LogP contribution is 2.37. The van der Waals surface area contributed by atoms with Gasteiger partial charge in [0.25, 0.3) is 0 Å². The number of rotatable bonds is 2. The number of carbonyl (C=O) groups excluding carboxylic acids is 2. The third-order valence-corrected chi connectivity index (χ3v) is 3.01. The maximum atomic E-state index is 12.8. The number of alkyl halides is 5. The smallest absolute Gasteiger partial charge is 0.337 e. The lowest BCUT2D eigenvalue weighted by molar-refractivity contribution is -0.274. The number of ketones is 1. The van der Waals surface area contributed by atoms with Gasteiger partial charge in [0.1, 0.15) is 5.78 Å². The van der Waals surface area contributed by atoms with Crippen molar-refractivity contribution in [3.05, 3.63) is 0 Å². The Kier molecular flexibility index (Phi) is 3.97.